The Bertz CT molecular complexity index is 373. The number of hydrogen-bond donors (Lipinski definition) is 2. The van der Waals surface area contributed by atoms with E-state index in [1.54, 1.807) is 7.05 Å². The van der Waals surface area contributed by atoms with E-state index in [2.05, 4.69) is 10.2 Å². The third-order valence-corrected chi connectivity index (χ3v) is 3.41. The van der Waals surface area contributed by atoms with Crippen molar-refractivity contribution in [2.24, 2.45) is 5.92 Å². The molecule has 114 valence electrons. The number of nitrogens with one attached hydrogen (secondary N) is 1. The van der Waals surface area contributed by atoms with E-state index in [0.29, 0.717) is 12.5 Å². The largest absolute Gasteiger partial charge is 0.481 e. The highest BCUT2D eigenvalue weighted by Gasteiger charge is 2.23. The molecule has 0 aliphatic carbocycles. The number of hydrogen-bond acceptors (Lipinski definition) is 4. The molecule has 1 heterocycles. The predicted octanol–water partition coefficient (Wildman–Crippen LogP) is 0.361. The summed E-state index contributed by atoms with van der Waals surface area (Å²) < 4.78 is 0. The third-order valence-electron chi connectivity index (χ3n) is 3.41. The lowest BCUT2D eigenvalue weighted by Crippen LogP contribution is -2.43. The summed E-state index contributed by atoms with van der Waals surface area (Å²) in [5, 5.41) is 10.7. The highest BCUT2D eigenvalue weighted by molar-refractivity contribution is 5.94. The van der Waals surface area contributed by atoms with Crippen molar-refractivity contribution in [1.29, 1.82) is 0 Å². The van der Waals surface area contributed by atoms with Crippen molar-refractivity contribution < 1.29 is 19.5 Å². The van der Waals surface area contributed by atoms with Crippen LogP contribution in [0.2, 0.25) is 0 Å². The second kappa shape index (κ2) is 7.84. The van der Waals surface area contributed by atoms with Gasteiger partial charge in [-0.25, -0.2) is 4.79 Å². The lowest BCUT2D eigenvalue weighted by Gasteiger charge is -2.21. The molecule has 1 atom stereocenters. The normalized spacial score (nSPS) is 18.8. The van der Waals surface area contributed by atoms with Crippen LogP contribution in [0.1, 0.15) is 25.7 Å². The number of urea groups is 1. The number of carbonyl (C=O) groups excluding carboxylic acids is 2. The molecule has 0 spiro atoms. The van der Waals surface area contributed by atoms with Crippen LogP contribution in [-0.2, 0) is 9.59 Å². The lowest BCUT2D eigenvalue weighted by molar-refractivity contribution is -0.137. The molecular formula is C13H23N3O4. The summed E-state index contributed by atoms with van der Waals surface area (Å²) in [6.45, 7) is 2.62. The summed E-state index contributed by atoms with van der Waals surface area (Å²) in [5.41, 5.74) is 0. The SMILES string of the molecule is CN1CCC(CN(C)C(=O)NC(=O)CCCC(=O)O)C1. The van der Waals surface area contributed by atoms with Gasteiger partial charge >= 0.3 is 12.0 Å². The van der Waals surface area contributed by atoms with Gasteiger partial charge in [0.25, 0.3) is 0 Å². The molecule has 0 saturated carbocycles. The Morgan fingerprint density at radius 1 is 1.35 bits per heavy atom. The molecule has 1 aliphatic heterocycles. The average Bonchev–Trinajstić information content (AvgIpc) is 2.74. The molecule has 1 fully saturated rings. The van der Waals surface area contributed by atoms with E-state index in [9.17, 15) is 14.4 Å². The quantitative estimate of drug-likeness (QED) is 0.735. The van der Waals surface area contributed by atoms with E-state index in [1.807, 2.05) is 7.05 Å². The van der Waals surface area contributed by atoms with E-state index < -0.39 is 17.9 Å². The number of imide groups is 1. The number of likely N-dealkylation sites (tertiary alicyclic amines) is 1. The van der Waals surface area contributed by atoms with Crippen LogP contribution >= 0.6 is 0 Å². The van der Waals surface area contributed by atoms with Crippen molar-refractivity contribution >= 4 is 17.9 Å². The van der Waals surface area contributed by atoms with Crippen LogP contribution in [-0.4, -0.2) is 66.5 Å². The molecule has 0 aromatic heterocycles. The van der Waals surface area contributed by atoms with E-state index in [0.717, 1.165) is 19.5 Å². The van der Waals surface area contributed by atoms with Gasteiger partial charge in [0, 0.05) is 33.0 Å². The number of nitrogens with zero attached hydrogens (tertiary/aromatic N) is 2. The molecular weight excluding hydrogens is 262 g/mol. The van der Waals surface area contributed by atoms with E-state index in [-0.39, 0.29) is 19.3 Å². The standard InChI is InChI=1S/C13H23N3O4/c1-15-7-6-10(8-15)9-16(2)13(20)14-11(17)4-3-5-12(18)19/h10H,3-9H2,1-2H3,(H,18,19)(H,14,17,20). The summed E-state index contributed by atoms with van der Waals surface area (Å²) in [6, 6.07) is -0.417. The first-order chi connectivity index (χ1) is 9.38. The number of carbonyl (C=O) groups is 3. The van der Waals surface area contributed by atoms with Gasteiger partial charge in [-0.05, 0) is 32.4 Å². The maximum Gasteiger partial charge on any atom is 0.323 e. The van der Waals surface area contributed by atoms with E-state index in [1.165, 1.54) is 4.90 Å². The van der Waals surface area contributed by atoms with Crippen molar-refractivity contribution in [1.82, 2.24) is 15.1 Å². The predicted molar refractivity (Wildman–Crippen MR) is 73.3 cm³/mol. The second-order valence-corrected chi connectivity index (χ2v) is 5.40. The Kier molecular flexibility index (Phi) is 6.44. The van der Waals surface area contributed by atoms with Gasteiger partial charge < -0.3 is 14.9 Å². The fourth-order valence-corrected chi connectivity index (χ4v) is 2.32. The fraction of sp³-hybridized carbons (Fsp3) is 0.769. The van der Waals surface area contributed by atoms with E-state index in [4.69, 9.17) is 5.11 Å². The van der Waals surface area contributed by atoms with E-state index >= 15 is 0 Å². The monoisotopic (exact) mass is 285 g/mol. The molecule has 20 heavy (non-hydrogen) atoms. The van der Waals surface area contributed by atoms with Gasteiger partial charge in [-0.3, -0.25) is 14.9 Å². The molecule has 0 radical (unpaired) electrons. The molecule has 1 rings (SSSR count). The first-order valence-electron chi connectivity index (χ1n) is 6.83. The average molecular weight is 285 g/mol. The van der Waals surface area contributed by atoms with Crippen molar-refractivity contribution in [2.75, 3.05) is 33.7 Å². The zero-order chi connectivity index (χ0) is 15.1. The van der Waals surface area contributed by atoms with Crippen molar-refractivity contribution in [3.8, 4) is 0 Å². The zero-order valence-corrected chi connectivity index (χ0v) is 12.1. The summed E-state index contributed by atoms with van der Waals surface area (Å²) in [7, 11) is 3.71. The number of rotatable bonds is 6. The molecule has 1 aliphatic rings. The van der Waals surface area contributed by atoms with Gasteiger partial charge in [-0.15, -0.1) is 0 Å². The molecule has 7 nitrogen and oxygen atoms in total. The molecule has 1 unspecified atom stereocenters. The highest BCUT2D eigenvalue weighted by Crippen LogP contribution is 2.15. The van der Waals surface area contributed by atoms with Crippen LogP contribution in [0.25, 0.3) is 0 Å². The summed E-state index contributed by atoms with van der Waals surface area (Å²) in [5.74, 6) is -0.920. The summed E-state index contributed by atoms with van der Waals surface area (Å²) in [6.07, 6.45) is 1.29. The number of carboxylic acids is 1. The number of amides is 3. The minimum atomic E-state index is -0.938. The first kappa shape index (κ1) is 16.4. The van der Waals surface area contributed by atoms with Crippen molar-refractivity contribution in [3.05, 3.63) is 0 Å². The Morgan fingerprint density at radius 3 is 2.60 bits per heavy atom. The first-order valence-corrected chi connectivity index (χ1v) is 6.83. The van der Waals surface area contributed by atoms with Crippen LogP contribution in [0.5, 0.6) is 0 Å². The van der Waals surface area contributed by atoms with Gasteiger partial charge in [0.15, 0.2) is 0 Å². The smallest absolute Gasteiger partial charge is 0.323 e. The van der Waals surface area contributed by atoms with Gasteiger partial charge in [-0.1, -0.05) is 0 Å². The van der Waals surface area contributed by atoms with Gasteiger partial charge in [0.05, 0.1) is 0 Å². The Morgan fingerprint density at radius 2 is 2.05 bits per heavy atom. The van der Waals surface area contributed by atoms with Gasteiger partial charge in [0.1, 0.15) is 0 Å². The molecule has 0 aromatic rings. The fourth-order valence-electron chi connectivity index (χ4n) is 2.32. The Balaban J connectivity index is 2.23. The van der Waals surface area contributed by atoms with Crippen molar-refractivity contribution in [3.63, 3.8) is 0 Å². The maximum atomic E-state index is 11.8. The van der Waals surface area contributed by atoms with Gasteiger partial charge in [0.2, 0.25) is 5.91 Å². The maximum absolute atomic E-state index is 11.8. The molecule has 0 aromatic carbocycles. The molecule has 2 N–H and O–H groups in total. The third kappa shape index (κ3) is 6.01. The minimum Gasteiger partial charge on any atom is -0.481 e. The lowest BCUT2D eigenvalue weighted by atomic mass is 10.1. The topological polar surface area (TPSA) is 90.0 Å². The number of aliphatic carboxylic acids is 1. The molecule has 0 bridgehead atoms. The Labute approximate surface area is 118 Å². The number of carboxylic acid groups (broad SMARTS) is 1. The van der Waals surface area contributed by atoms with Gasteiger partial charge in [-0.2, -0.15) is 0 Å². The summed E-state index contributed by atoms with van der Waals surface area (Å²) in [4.78, 5) is 37.3. The highest BCUT2D eigenvalue weighted by atomic mass is 16.4. The second-order valence-electron chi connectivity index (χ2n) is 5.40. The Hall–Kier alpha value is -1.63. The van der Waals surface area contributed by atoms with Crippen LogP contribution in [0.3, 0.4) is 0 Å². The van der Waals surface area contributed by atoms with Crippen LogP contribution in [0, 0.1) is 5.92 Å². The molecule has 1 saturated heterocycles. The minimum absolute atomic E-state index is 0.0536. The van der Waals surface area contributed by atoms with Crippen LogP contribution in [0.4, 0.5) is 4.79 Å². The van der Waals surface area contributed by atoms with Crippen LogP contribution < -0.4 is 5.32 Å². The van der Waals surface area contributed by atoms with Crippen LogP contribution in [0.15, 0.2) is 0 Å². The van der Waals surface area contributed by atoms with Crippen molar-refractivity contribution in [2.45, 2.75) is 25.7 Å². The molecule has 3 amide bonds. The summed E-state index contributed by atoms with van der Waals surface area (Å²) >= 11 is 0. The zero-order valence-electron chi connectivity index (χ0n) is 12.1. The molecule has 7 heteroatoms.